The minimum atomic E-state index is 0.666. The lowest BCUT2D eigenvalue weighted by molar-refractivity contribution is 0.0691. The molecule has 17 heavy (non-hydrogen) atoms. The fourth-order valence-electron chi connectivity index (χ4n) is 1.30. The van der Waals surface area contributed by atoms with E-state index in [0.29, 0.717) is 13.2 Å². The lowest BCUT2D eigenvalue weighted by Gasteiger charge is -2.07. The number of nitrogens with one attached hydrogen (secondary N) is 1. The number of rotatable bonds is 9. The summed E-state index contributed by atoms with van der Waals surface area (Å²) >= 11 is 3.44. The maximum absolute atomic E-state index is 5.37. The van der Waals surface area contributed by atoms with Crippen LogP contribution in [0.15, 0.2) is 22.8 Å². The van der Waals surface area contributed by atoms with Crippen molar-refractivity contribution >= 4 is 21.7 Å². The van der Waals surface area contributed by atoms with Gasteiger partial charge in [-0.05, 0) is 40.9 Å². The molecule has 1 rings (SSSR count). The molecule has 0 aliphatic carbocycles. The molecule has 0 fully saturated rings. The second-order valence-electron chi connectivity index (χ2n) is 3.57. The molecule has 0 aliphatic rings. The van der Waals surface area contributed by atoms with Gasteiger partial charge in [0.05, 0.1) is 17.7 Å². The number of pyridine rings is 1. The van der Waals surface area contributed by atoms with Crippen molar-refractivity contribution in [1.29, 1.82) is 0 Å². The van der Waals surface area contributed by atoms with Gasteiger partial charge in [0.15, 0.2) is 0 Å². The Morgan fingerprint density at radius 2 is 2.18 bits per heavy atom. The van der Waals surface area contributed by atoms with Crippen LogP contribution in [0.4, 0.5) is 5.82 Å². The van der Waals surface area contributed by atoms with Gasteiger partial charge >= 0.3 is 0 Å². The number of methoxy groups -OCH3 is 1. The second-order valence-corrected chi connectivity index (χ2v) is 4.43. The Kier molecular flexibility index (Phi) is 7.96. The highest BCUT2D eigenvalue weighted by molar-refractivity contribution is 9.10. The van der Waals surface area contributed by atoms with E-state index in [2.05, 4.69) is 26.2 Å². The summed E-state index contributed by atoms with van der Waals surface area (Å²) in [6, 6.07) is 3.88. The molecule has 1 aromatic heterocycles. The van der Waals surface area contributed by atoms with Crippen LogP contribution in [0.25, 0.3) is 0 Å². The SMILES string of the molecule is COCCOCCCCNc1ncccc1Br. The number of halogens is 1. The zero-order valence-corrected chi connectivity index (χ0v) is 11.7. The van der Waals surface area contributed by atoms with Crippen LogP contribution in [0.2, 0.25) is 0 Å². The number of aromatic nitrogens is 1. The van der Waals surface area contributed by atoms with Crippen molar-refractivity contribution in [3.05, 3.63) is 22.8 Å². The first-order valence-electron chi connectivity index (χ1n) is 5.75. The summed E-state index contributed by atoms with van der Waals surface area (Å²) < 4.78 is 11.3. The third-order valence-electron chi connectivity index (χ3n) is 2.20. The molecule has 0 bridgehead atoms. The molecule has 0 aromatic carbocycles. The summed E-state index contributed by atoms with van der Waals surface area (Å²) in [4.78, 5) is 4.23. The van der Waals surface area contributed by atoms with Crippen molar-refractivity contribution < 1.29 is 9.47 Å². The average molecular weight is 303 g/mol. The molecule has 96 valence electrons. The topological polar surface area (TPSA) is 43.4 Å². The fraction of sp³-hybridized carbons (Fsp3) is 0.583. The molecule has 5 heteroatoms. The van der Waals surface area contributed by atoms with Gasteiger partial charge in [-0.2, -0.15) is 0 Å². The Labute approximate surface area is 111 Å². The molecule has 1 aromatic rings. The highest BCUT2D eigenvalue weighted by Crippen LogP contribution is 2.17. The minimum absolute atomic E-state index is 0.666. The number of nitrogens with zero attached hydrogens (tertiary/aromatic N) is 1. The number of ether oxygens (including phenoxy) is 2. The molecule has 0 amide bonds. The summed E-state index contributed by atoms with van der Waals surface area (Å²) in [5.41, 5.74) is 0. The predicted molar refractivity (Wildman–Crippen MR) is 72.4 cm³/mol. The van der Waals surface area contributed by atoms with Crippen LogP contribution in [-0.2, 0) is 9.47 Å². The van der Waals surface area contributed by atoms with Crippen LogP contribution in [-0.4, -0.2) is 38.5 Å². The quantitative estimate of drug-likeness (QED) is 0.712. The maximum atomic E-state index is 5.37. The van der Waals surface area contributed by atoms with E-state index in [-0.39, 0.29) is 0 Å². The highest BCUT2D eigenvalue weighted by atomic mass is 79.9. The Morgan fingerprint density at radius 3 is 2.94 bits per heavy atom. The average Bonchev–Trinajstić information content (AvgIpc) is 2.35. The predicted octanol–water partition coefficient (Wildman–Crippen LogP) is 2.70. The molecule has 0 radical (unpaired) electrons. The van der Waals surface area contributed by atoms with E-state index >= 15 is 0 Å². The zero-order valence-electron chi connectivity index (χ0n) is 10.1. The van der Waals surface area contributed by atoms with Gasteiger partial charge in [-0.3, -0.25) is 0 Å². The van der Waals surface area contributed by atoms with E-state index in [0.717, 1.165) is 36.3 Å². The Bertz CT molecular complexity index is 310. The molecule has 0 aliphatic heterocycles. The molecule has 0 spiro atoms. The van der Waals surface area contributed by atoms with Gasteiger partial charge in [-0.25, -0.2) is 4.98 Å². The van der Waals surface area contributed by atoms with Crippen molar-refractivity contribution in [2.75, 3.05) is 38.8 Å². The van der Waals surface area contributed by atoms with E-state index in [1.165, 1.54) is 0 Å². The minimum Gasteiger partial charge on any atom is -0.382 e. The lowest BCUT2D eigenvalue weighted by atomic mass is 10.3. The van der Waals surface area contributed by atoms with Crippen molar-refractivity contribution in [3.8, 4) is 0 Å². The standard InChI is InChI=1S/C12H19BrN2O2/c1-16-9-10-17-8-3-2-6-14-12-11(13)5-4-7-15-12/h4-5,7H,2-3,6,8-10H2,1H3,(H,14,15). The second kappa shape index (κ2) is 9.39. The van der Waals surface area contributed by atoms with Gasteiger partial charge in [0.25, 0.3) is 0 Å². The van der Waals surface area contributed by atoms with E-state index in [1.54, 1.807) is 13.3 Å². The van der Waals surface area contributed by atoms with E-state index in [9.17, 15) is 0 Å². The van der Waals surface area contributed by atoms with Crippen molar-refractivity contribution in [2.45, 2.75) is 12.8 Å². The third-order valence-corrected chi connectivity index (χ3v) is 2.84. The summed E-state index contributed by atoms with van der Waals surface area (Å²) in [7, 11) is 1.68. The fourth-order valence-corrected chi connectivity index (χ4v) is 1.69. The van der Waals surface area contributed by atoms with Crippen LogP contribution in [0.5, 0.6) is 0 Å². The van der Waals surface area contributed by atoms with Crippen molar-refractivity contribution in [3.63, 3.8) is 0 Å². The normalized spacial score (nSPS) is 10.5. The van der Waals surface area contributed by atoms with Crippen molar-refractivity contribution in [1.82, 2.24) is 4.98 Å². The number of hydrogen-bond acceptors (Lipinski definition) is 4. The largest absolute Gasteiger partial charge is 0.382 e. The Hall–Kier alpha value is -0.650. The monoisotopic (exact) mass is 302 g/mol. The molecule has 0 unspecified atom stereocenters. The summed E-state index contributed by atoms with van der Waals surface area (Å²) in [6.07, 6.45) is 3.89. The van der Waals surface area contributed by atoms with Crippen LogP contribution in [0, 0.1) is 0 Å². The first-order chi connectivity index (χ1) is 8.34. The van der Waals surface area contributed by atoms with E-state index < -0.39 is 0 Å². The van der Waals surface area contributed by atoms with Crippen molar-refractivity contribution in [2.24, 2.45) is 0 Å². The molecular formula is C12H19BrN2O2. The molecule has 0 saturated heterocycles. The zero-order chi connectivity index (χ0) is 12.3. The lowest BCUT2D eigenvalue weighted by Crippen LogP contribution is -2.07. The van der Waals surface area contributed by atoms with Crippen LogP contribution in [0.3, 0.4) is 0 Å². The van der Waals surface area contributed by atoms with Gasteiger partial charge in [0, 0.05) is 26.5 Å². The van der Waals surface area contributed by atoms with Gasteiger partial charge in [-0.1, -0.05) is 0 Å². The van der Waals surface area contributed by atoms with Crippen LogP contribution in [0.1, 0.15) is 12.8 Å². The Balaban J connectivity index is 1.99. The van der Waals surface area contributed by atoms with Gasteiger partial charge in [0.1, 0.15) is 5.82 Å². The van der Waals surface area contributed by atoms with Gasteiger partial charge in [0.2, 0.25) is 0 Å². The Morgan fingerprint density at radius 1 is 1.29 bits per heavy atom. The van der Waals surface area contributed by atoms with E-state index in [4.69, 9.17) is 9.47 Å². The molecule has 0 saturated carbocycles. The third kappa shape index (κ3) is 6.61. The smallest absolute Gasteiger partial charge is 0.140 e. The highest BCUT2D eigenvalue weighted by Gasteiger charge is 1.98. The van der Waals surface area contributed by atoms with Gasteiger partial charge < -0.3 is 14.8 Å². The number of unbranched alkanes of at least 4 members (excludes halogenated alkanes) is 1. The molecule has 1 heterocycles. The molecule has 1 N–H and O–H groups in total. The van der Waals surface area contributed by atoms with E-state index in [1.807, 2.05) is 12.1 Å². The van der Waals surface area contributed by atoms with Gasteiger partial charge in [-0.15, -0.1) is 0 Å². The number of anilines is 1. The summed E-state index contributed by atoms with van der Waals surface area (Å²) in [5.74, 6) is 0.896. The maximum Gasteiger partial charge on any atom is 0.140 e. The molecule has 0 atom stereocenters. The van der Waals surface area contributed by atoms with Crippen LogP contribution >= 0.6 is 15.9 Å². The number of hydrogen-bond donors (Lipinski definition) is 1. The molecule has 4 nitrogen and oxygen atoms in total. The van der Waals surface area contributed by atoms with Crippen LogP contribution < -0.4 is 5.32 Å². The summed E-state index contributed by atoms with van der Waals surface area (Å²) in [6.45, 7) is 3.03. The summed E-state index contributed by atoms with van der Waals surface area (Å²) in [5, 5.41) is 3.28. The first-order valence-corrected chi connectivity index (χ1v) is 6.55. The molecular weight excluding hydrogens is 284 g/mol. The first kappa shape index (κ1) is 14.4.